The van der Waals surface area contributed by atoms with Crippen molar-refractivity contribution in [2.24, 2.45) is 5.92 Å². The fourth-order valence-electron chi connectivity index (χ4n) is 2.80. The largest absolute Gasteiger partial charge is 0.444 e. The van der Waals surface area contributed by atoms with Crippen LogP contribution >= 0.6 is 0 Å². The number of hydrogen-bond donors (Lipinski definition) is 0. The number of amides is 1. The molecule has 1 amide bonds. The van der Waals surface area contributed by atoms with Crippen LogP contribution in [-0.2, 0) is 9.53 Å². The van der Waals surface area contributed by atoms with Crippen LogP contribution in [0.5, 0.6) is 0 Å². The summed E-state index contributed by atoms with van der Waals surface area (Å²) in [5, 5.41) is 0. The zero-order chi connectivity index (χ0) is 17.2. The van der Waals surface area contributed by atoms with E-state index in [2.05, 4.69) is 0 Å². The van der Waals surface area contributed by atoms with Crippen molar-refractivity contribution in [2.45, 2.75) is 52.3 Å². The summed E-state index contributed by atoms with van der Waals surface area (Å²) in [6, 6.07) is 8.89. The average molecular weight is 315 g/mol. The van der Waals surface area contributed by atoms with Gasteiger partial charge in [-0.3, -0.25) is 9.69 Å². The first kappa shape index (κ1) is 17.3. The lowest BCUT2D eigenvalue weighted by molar-refractivity contribution is -0.122. The third-order valence-electron chi connectivity index (χ3n) is 3.71. The number of carbonyl (C=O) groups is 2. The van der Waals surface area contributed by atoms with Gasteiger partial charge in [0.15, 0.2) is 5.78 Å². The molecule has 0 aliphatic carbocycles. The summed E-state index contributed by atoms with van der Waals surface area (Å²) in [6.07, 6.45) is 2.91. The molecule has 1 aromatic rings. The highest BCUT2D eigenvalue weighted by atomic mass is 16.6. The average Bonchev–Trinajstić information content (AvgIpc) is 2.45. The smallest absolute Gasteiger partial charge is 0.411 e. The second kappa shape index (κ2) is 6.57. The Morgan fingerprint density at radius 3 is 2.30 bits per heavy atom. The molecule has 2 atom stereocenters. The summed E-state index contributed by atoms with van der Waals surface area (Å²) in [4.78, 5) is 26.7. The first-order chi connectivity index (χ1) is 10.7. The third kappa shape index (κ3) is 4.01. The van der Waals surface area contributed by atoms with Crippen molar-refractivity contribution in [3.63, 3.8) is 0 Å². The molecule has 0 radical (unpaired) electrons. The molecule has 23 heavy (non-hydrogen) atoms. The van der Waals surface area contributed by atoms with Gasteiger partial charge in [0, 0.05) is 0 Å². The summed E-state index contributed by atoms with van der Waals surface area (Å²) < 4.78 is 5.56. The van der Waals surface area contributed by atoms with E-state index in [-0.39, 0.29) is 17.7 Å². The Hall–Kier alpha value is -2.10. The van der Waals surface area contributed by atoms with Crippen molar-refractivity contribution in [3.05, 3.63) is 48.0 Å². The molecular weight excluding hydrogens is 290 g/mol. The second-order valence-electron chi connectivity index (χ2n) is 7.19. The van der Waals surface area contributed by atoms with Crippen molar-refractivity contribution >= 4 is 11.9 Å². The summed E-state index contributed by atoms with van der Waals surface area (Å²) >= 11 is 0. The Morgan fingerprint density at radius 2 is 1.78 bits per heavy atom. The summed E-state index contributed by atoms with van der Waals surface area (Å²) in [5.41, 5.74) is 0.358. The molecule has 2 rings (SSSR count). The second-order valence-corrected chi connectivity index (χ2v) is 7.19. The van der Waals surface area contributed by atoms with Gasteiger partial charge in [-0.25, -0.2) is 4.79 Å². The maximum Gasteiger partial charge on any atom is 0.411 e. The number of carbonyl (C=O) groups excluding carboxylic acids is 2. The topological polar surface area (TPSA) is 46.6 Å². The number of benzene rings is 1. The van der Waals surface area contributed by atoms with Gasteiger partial charge >= 0.3 is 6.09 Å². The van der Waals surface area contributed by atoms with Gasteiger partial charge in [0.2, 0.25) is 0 Å². The lowest BCUT2D eigenvalue weighted by Crippen LogP contribution is -2.52. The molecule has 124 valence electrons. The molecule has 4 nitrogen and oxygen atoms in total. The summed E-state index contributed by atoms with van der Waals surface area (Å²) in [7, 11) is 0. The van der Waals surface area contributed by atoms with Gasteiger partial charge in [0.1, 0.15) is 11.6 Å². The third-order valence-corrected chi connectivity index (χ3v) is 3.71. The zero-order valence-electron chi connectivity index (χ0n) is 14.4. The summed E-state index contributed by atoms with van der Waals surface area (Å²) in [6.45, 7) is 9.37. The van der Waals surface area contributed by atoms with E-state index in [1.54, 1.807) is 17.1 Å². The normalized spacial score (nSPS) is 21.7. The minimum atomic E-state index is -0.607. The predicted molar refractivity (Wildman–Crippen MR) is 90.0 cm³/mol. The van der Waals surface area contributed by atoms with Crippen molar-refractivity contribution in [3.8, 4) is 0 Å². The highest BCUT2D eigenvalue weighted by Gasteiger charge is 2.40. The number of hydrogen-bond acceptors (Lipinski definition) is 3. The maximum absolute atomic E-state index is 12.8. The minimum Gasteiger partial charge on any atom is -0.444 e. The molecule has 0 aromatic heterocycles. The highest BCUT2D eigenvalue weighted by molar-refractivity contribution is 5.98. The van der Waals surface area contributed by atoms with Crippen LogP contribution in [-0.4, -0.2) is 28.4 Å². The van der Waals surface area contributed by atoms with Crippen LogP contribution in [0.4, 0.5) is 4.79 Å². The van der Waals surface area contributed by atoms with Crippen molar-refractivity contribution in [1.29, 1.82) is 0 Å². The van der Waals surface area contributed by atoms with Gasteiger partial charge in [-0.05, 0) is 38.3 Å². The van der Waals surface area contributed by atoms with E-state index in [9.17, 15) is 9.59 Å². The highest BCUT2D eigenvalue weighted by Crippen LogP contribution is 2.32. The molecular formula is C19H25NO3. The zero-order valence-corrected chi connectivity index (χ0v) is 14.4. The molecule has 1 aromatic carbocycles. The lowest BCUT2D eigenvalue weighted by atomic mass is 9.90. The van der Waals surface area contributed by atoms with Crippen LogP contribution in [0.25, 0.3) is 0 Å². The first-order valence-corrected chi connectivity index (χ1v) is 7.99. The van der Waals surface area contributed by atoms with Gasteiger partial charge in [-0.15, -0.1) is 0 Å². The van der Waals surface area contributed by atoms with Crippen LogP contribution in [0.1, 0.15) is 46.2 Å². The fourth-order valence-corrected chi connectivity index (χ4v) is 2.80. The first-order valence-electron chi connectivity index (χ1n) is 7.99. The van der Waals surface area contributed by atoms with Crippen LogP contribution in [0.15, 0.2) is 42.5 Å². The Bertz CT molecular complexity index is 599. The Kier molecular flexibility index (Phi) is 4.93. The summed E-state index contributed by atoms with van der Waals surface area (Å²) in [5.74, 6) is -0.0516. The molecule has 0 saturated carbocycles. The van der Waals surface area contributed by atoms with E-state index in [1.807, 2.05) is 65.0 Å². The van der Waals surface area contributed by atoms with E-state index >= 15 is 0 Å². The predicted octanol–water partition coefficient (Wildman–Crippen LogP) is 4.13. The standard InChI is InChI=1S/C19H25NO3/c1-13(2)17-16(21)12-11-15(14-9-7-6-8-10-14)20(17)18(22)23-19(3,4)5/h6-13,15,17H,1-5H3/t15-,17+/m1/s1. The van der Waals surface area contributed by atoms with Crippen LogP contribution in [0.2, 0.25) is 0 Å². The molecule has 1 aliphatic heterocycles. The molecule has 0 saturated heterocycles. The minimum absolute atomic E-state index is 0.00572. The lowest BCUT2D eigenvalue weighted by Gasteiger charge is -2.40. The monoisotopic (exact) mass is 315 g/mol. The van der Waals surface area contributed by atoms with Crippen molar-refractivity contribution < 1.29 is 14.3 Å². The van der Waals surface area contributed by atoms with Gasteiger partial charge in [-0.2, -0.15) is 0 Å². The number of ketones is 1. The maximum atomic E-state index is 12.8. The van der Waals surface area contributed by atoms with Crippen molar-refractivity contribution in [1.82, 2.24) is 4.90 Å². The van der Waals surface area contributed by atoms with E-state index in [0.29, 0.717) is 0 Å². The number of nitrogens with zero attached hydrogens (tertiary/aromatic N) is 1. The van der Waals surface area contributed by atoms with E-state index in [0.717, 1.165) is 5.56 Å². The van der Waals surface area contributed by atoms with Crippen LogP contribution < -0.4 is 0 Å². The molecule has 1 heterocycles. The number of rotatable bonds is 2. The Morgan fingerprint density at radius 1 is 1.17 bits per heavy atom. The molecule has 0 N–H and O–H groups in total. The Labute approximate surface area is 138 Å². The molecule has 4 heteroatoms. The Balaban J connectivity index is 2.44. The van der Waals surface area contributed by atoms with Gasteiger partial charge in [-0.1, -0.05) is 50.3 Å². The van der Waals surface area contributed by atoms with Gasteiger partial charge in [0.05, 0.1) is 6.04 Å². The van der Waals surface area contributed by atoms with E-state index in [4.69, 9.17) is 4.74 Å². The van der Waals surface area contributed by atoms with E-state index in [1.165, 1.54) is 0 Å². The fraction of sp³-hybridized carbons (Fsp3) is 0.474. The van der Waals surface area contributed by atoms with Crippen LogP contribution in [0.3, 0.4) is 0 Å². The molecule has 1 aliphatic rings. The van der Waals surface area contributed by atoms with Gasteiger partial charge < -0.3 is 4.74 Å². The quantitative estimate of drug-likeness (QED) is 0.824. The molecule has 0 spiro atoms. The van der Waals surface area contributed by atoms with Crippen LogP contribution in [0, 0.1) is 5.92 Å². The molecule has 0 unspecified atom stereocenters. The molecule has 0 fully saturated rings. The number of ether oxygens (including phenoxy) is 1. The van der Waals surface area contributed by atoms with Crippen molar-refractivity contribution in [2.75, 3.05) is 0 Å². The SMILES string of the molecule is CC(C)[C@H]1C(=O)C=C[C@H](c2ccccc2)N1C(=O)OC(C)(C)C. The van der Waals surface area contributed by atoms with E-state index < -0.39 is 17.7 Å². The van der Waals surface area contributed by atoms with Gasteiger partial charge in [0.25, 0.3) is 0 Å². The molecule has 0 bridgehead atoms.